The van der Waals surface area contributed by atoms with Gasteiger partial charge in [-0.3, -0.25) is 9.69 Å². The summed E-state index contributed by atoms with van der Waals surface area (Å²) in [6.45, 7) is 3.77. The predicted octanol–water partition coefficient (Wildman–Crippen LogP) is 2.21. The van der Waals surface area contributed by atoms with Gasteiger partial charge >= 0.3 is 5.97 Å². The highest BCUT2D eigenvalue weighted by Crippen LogP contribution is 2.29. The van der Waals surface area contributed by atoms with E-state index in [0.29, 0.717) is 6.54 Å². The van der Waals surface area contributed by atoms with Gasteiger partial charge < -0.3 is 10.1 Å². The van der Waals surface area contributed by atoms with Crippen LogP contribution in [0.5, 0.6) is 0 Å². The number of carboxylic acids is 1. The van der Waals surface area contributed by atoms with Crippen LogP contribution < -0.4 is 0 Å². The van der Waals surface area contributed by atoms with E-state index in [1.54, 1.807) is 6.82 Å². The minimum atomic E-state index is -0.687. The molecule has 0 unspecified atom stereocenters. The fourth-order valence-corrected chi connectivity index (χ4v) is 3.18. The van der Waals surface area contributed by atoms with Crippen LogP contribution >= 0.6 is 0 Å². The van der Waals surface area contributed by atoms with Gasteiger partial charge in [0.1, 0.15) is 0 Å². The molecule has 0 radical (unpaired) electrons. The van der Waals surface area contributed by atoms with E-state index in [9.17, 15) is 14.9 Å². The summed E-state index contributed by atoms with van der Waals surface area (Å²) in [4.78, 5) is 13.7. The molecule has 5 heteroatoms. The molecule has 1 saturated heterocycles. The molecule has 2 rings (SSSR count). The second-order valence-electron chi connectivity index (χ2n) is 6.16. The summed E-state index contributed by atoms with van der Waals surface area (Å²) >= 11 is 0. The Labute approximate surface area is 126 Å². The van der Waals surface area contributed by atoms with Crippen molar-refractivity contribution in [1.82, 2.24) is 4.90 Å². The van der Waals surface area contributed by atoms with Crippen LogP contribution in [-0.4, -0.2) is 41.0 Å². The lowest BCUT2D eigenvalue weighted by Crippen LogP contribution is -2.23. The third-order valence-electron chi connectivity index (χ3n) is 4.28. The van der Waals surface area contributed by atoms with Crippen molar-refractivity contribution >= 4 is 12.9 Å². The summed E-state index contributed by atoms with van der Waals surface area (Å²) in [6.07, 6.45) is 2.53. The van der Waals surface area contributed by atoms with Crippen molar-refractivity contribution in [3.63, 3.8) is 0 Å². The second kappa shape index (κ2) is 7.62. The summed E-state index contributed by atoms with van der Waals surface area (Å²) in [5.74, 6) is -0.764. The van der Waals surface area contributed by atoms with Gasteiger partial charge in [0.2, 0.25) is 0 Å². The Morgan fingerprint density at radius 2 is 2.05 bits per heavy atom. The molecule has 0 spiro atoms. The minimum absolute atomic E-state index is 0.199. The summed E-state index contributed by atoms with van der Waals surface area (Å²) < 4.78 is 0. The number of nitrogens with zero attached hydrogens (tertiary/aromatic N) is 1. The number of likely N-dealkylation sites (tertiary alicyclic amines) is 1. The molecular weight excluding hydrogens is 265 g/mol. The van der Waals surface area contributed by atoms with Crippen molar-refractivity contribution in [1.29, 1.82) is 0 Å². The third-order valence-corrected chi connectivity index (χ3v) is 4.28. The van der Waals surface area contributed by atoms with Gasteiger partial charge in [-0.1, -0.05) is 43.6 Å². The van der Waals surface area contributed by atoms with Crippen molar-refractivity contribution in [3.8, 4) is 0 Å². The molecule has 1 aliphatic rings. The monoisotopic (exact) mass is 289 g/mol. The van der Waals surface area contributed by atoms with E-state index >= 15 is 0 Å². The van der Waals surface area contributed by atoms with E-state index in [-0.39, 0.29) is 18.8 Å². The number of benzene rings is 1. The predicted molar refractivity (Wildman–Crippen MR) is 84.2 cm³/mol. The molecule has 1 fully saturated rings. The summed E-state index contributed by atoms with van der Waals surface area (Å²) in [5.41, 5.74) is 1.23. The smallest absolute Gasteiger partial charge is 0.308 e. The van der Waals surface area contributed by atoms with E-state index in [0.717, 1.165) is 32.3 Å². The molecular formula is C16H24BNO3. The first-order valence-electron chi connectivity index (χ1n) is 7.73. The number of aliphatic carboxylic acids is 1. The normalized spacial score (nSPS) is 22.4. The van der Waals surface area contributed by atoms with Gasteiger partial charge in [-0.2, -0.15) is 0 Å². The van der Waals surface area contributed by atoms with Gasteiger partial charge in [-0.25, -0.2) is 0 Å². The van der Waals surface area contributed by atoms with Crippen LogP contribution in [0.1, 0.15) is 18.4 Å². The highest BCUT2D eigenvalue weighted by molar-refractivity contribution is 6.48. The number of hydrogen-bond acceptors (Lipinski definition) is 3. The maximum Gasteiger partial charge on any atom is 0.308 e. The van der Waals surface area contributed by atoms with Crippen LogP contribution in [0.3, 0.4) is 0 Å². The van der Waals surface area contributed by atoms with Gasteiger partial charge in [-0.05, 0) is 24.2 Å². The van der Waals surface area contributed by atoms with Crippen LogP contribution in [0, 0.1) is 11.8 Å². The first kappa shape index (κ1) is 16.1. The van der Waals surface area contributed by atoms with Crippen molar-refractivity contribution in [2.75, 3.05) is 13.1 Å². The first-order valence-corrected chi connectivity index (χ1v) is 7.73. The number of carbonyl (C=O) groups is 1. The summed E-state index contributed by atoms with van der Waals surface area (Å²) in [5, 5.41) is 18.7. The molecule has 1 aromatic carbocycles. The second-order valence-corrected chi connectivity index (χ2v) is 6.16. The highest BCUT2D eigenvalue weighted by atomic mass is 16.4. The molecule has 21 heavy (non-hydrogen) atoms. The molecule has 4 nitrogen and oxygen atoms in total. The van der Waals surface area contributed by atoms with E-state index in [1.165, 1.54) is 5.56 Å². The molecule has 2 atom stereocenters. The van der Waals surface area contributed by atoms with Gasteiger partial charge in [0, 0.05) is 19.6 Å². The van der Waals surface area contributed by atoms with Gasteiger partial charge in [-0.15, -0.1) is 0 Å². The SMILES string of the molecule is CB(O)CCC[C@H]1CN(Cc2ccccc2)C[C@H]1C(=O)O. The molecule has 2 N–H and O–H groups in total. The number of hydrogen-bond donors (Lipinski definition) is 2. The van der Waals surface area contributed by atoms with E-state index in [4.69, 9.17) is 0 Å². The van der Waals surface area contributed by atoms with E-state index in [2.05, 4.69) is 17.0 Å². The van der Waals surface area contributed by atoms with E-state index in [1.807, 2.05) is 18.2 Å². The van der Waals surface area contributed by atoms with Crippen LogP contribution in [0.2, 0.25) is 13.1 Å². The molecule has 1 heterocycles. The number of rotatable bonds is 7. The number of carboxylic acid groups (broad SMARTS) is 1. The minimum Gasteiger partial charge on any atom is -0.481 e. The quantitative estimate of drug-likeness (QED) is 0.756. The molecule has 0 amide bonds. The average molecular weight is 289 g/mol. The van der Waals surface area contributed by atoms with Crippen LogP contribution in [-0.2, 0) is 11.3 Å². The van der Waals surface area contributed by atoms with Crippen molar-refractivity contribution < 1.29 is 14.9 Å². The highest BCUT2D eigenvalue weighted by Gasteiger charge is 2.36. The zero-order valence-electron chi connectivity index (χ0n) is 12.6. The zero-order valence-corrected chi connectivity index (χ0v) is 12.6. The van der Waals surface area contributed by atoms with Gasteiger partial charge in [0.15, 0.2) is 0 Å². The van der Waals surface area contributed by atoms with E-state index < -0.39 is 5.97 Å². The lowest BCUT2D eigenvalue weighted by molar-refractivity contribution is -0.142. The maximum absolute atomic E-state index is 11.4. The lowest BCUT2D eigenvalue weighted by atomic mass is 9.66. The zero-order chi connectivity index (χ0) is 15.2. The third kappa shape index (κ3) is 4.86. The average Bonchev–Trinajstić information content (AvgIpc) is 2.82. The first-order chi connectivity index (χ1) is 10.1. The van der Waals surface area contributed by atoms with Gasteiger partial charge in [0.25, 0.3) is 6.92 Å². The van der Waals surface area contributed by atoms with Gasteiger partial charge in [0.05, 0.1) is 5.92 Å². The van der Waals surface area contributed by atoms with Crippen LogP contribution in [0.15, 0.2) is 30.3 Å². The maximum atomic E-state index is 11.4. The van der Waals surface area contributed by atoms with Crippen LogP contribution in [0.25, 0.3) is 0 Å². The Hall–Kier alpha value is -1.33. The standard InChI is InChI=1S/C16H24BNO3/c1-17(21)9-5-8-14-11-18(12-15(14)16(19)20)10-13-6-3-2-4-7-13/h2-4,6-7,14-15,21H,5,8-12H2,1H3,(H,19,20)/t14-,15+/m0/s1. The Morgan fingerprint density at radius 1 is 1.33 bits per heavy atom. The molecule has 0 bridgehead atoms. The molecule has 0 aliphatic carbocycles. The molecule has 1 aromatic rings. The Kier molecular flexibility index (Phi) is 5.82. The fourth-order valence-electron chi connectivity index (χ4n) is 3.18. The largest absolute Gasteiger partial charge is 0.481 e. The molecule has 114 valence electrons. The molecule has 1 aliphatic heterocycles. The molecule has 0 saturated carbocycles. The Morgan fingerprint density at radius 3 is 2.67 bits per heavy atom. The summed E-state index contributed by atoms with van der Waals surface area (Å²) in [7, 11) is 0. The molecule has 0 aromatic heterocycles. The van der Waals surface area contributed by atoms with Crippen LogP contribution in [0.4, 0.5) is 0 Å². The fraction of sp³-hybridized carbons (Fsp3) is 0.562. The topological polar surface area (TPSA) is 60.8 Å². The van der Waals surface area contributed by atoms with Crippen molar-refractivity contribution in [3.05, 3.63) is 35.9 Å². The van der Waals surface area contributed by atoms with Crippen molar-refractivity contribution in [2.45, 2.75) is 32.5 Å². The summed E-state index contributed by atoms with van der Waals surface area (Å²) in [6, 6.07) is 10.2. The lowest BCUT2D eigenvalue weighted by Gasteiger charge is -2.16. The Bertz CT molecular complexity index is 452. The van der Waals surface area contributed by atoms with Crippen molar-refractivity contribution in [2.24, 2.45) is 11.8 Å². The Balaban J connectivity index is 1.90.